The summed E-state index contributed by atoms with van der Waals surface area (Å²) in [5, 5.41) is 1.97. The molecule has 1 amide bonds. The third-order valence-corrected chi connectivity index (χ3v) is 6.90. The van der Waals surface area contributed by atoms with Crippen LogP contribution in [-0.4, -0.2) is 48.2 Å². The lowest BCUT2D eigenvalue weighted by Crippen LogP contribution is -2.55. The van der Waals surface area contributed by atoms with Gasteiger partial charge in [0.05, 0.1) is 12.7 Å². The van der Waals surface area contributed by atoms with E-state index in [2.05, 4.69) is 52.0 Å². The van der Waals surface area contributed by atoms with Gasteiger partial charge in [0.2, 0.25) is 0 Å². The summed E-state index contributed by atoms with van der Waals surface area (Å²) in [7, 11) is 1.71. The predicted octanol–water partition coefficient (Wildman–Crippen LogP) is 4.80. The number of hydrogen-bond acceptors (Lipinski definition) is 4. The van der Waals surface area contributed by atoms with Crippen LogP contribution in [0, 0.1) is 20.8 Å². The van der Waals surface area contributed by atoms with Crippen molar-refractivity contribution in [1.82, 2.24) is 9.96 Å². The number of aryl methyl sites for hydroxylation is 3. The maximum Gasteiger partial charge on any atom is 0.258 e. The fourth-order valence-corrected chi connectivity index (χ4v) is 5.49. The number of piperidine rings is 1. The molecule has 4 rings (SSSR count). The van der Waals surface area contributed by atoms with Crippen molar-refractivity contribution in [2.45, 2.75) is 52.7 Å². The number of amides is 1. The zero-order valence-electron chi connectivity index (χ0n) is 19.9. The maximum atomic E-state index is 13.9. The van der Waals surface area contributed by atoms with Crippen LogP contribution < -0.4 is 0 Å². The third-order valence-electron chi connectivity index (χ3n) is 6.90. The fourth-order valence-electron chi connectivity index (χ4n) is 5.49. The van der Waals surface area contributed by atoms with Crippen molar-refractivity contribution in [3.05, 3.63) is 76.0 Å². The minimum Gasteiger partial charge on any atom is -0.490 e. The molecule has 2 aliphatic heterocycles. The summed E-state index contributed by atoms with van der Waals surface area (Å²) in [5.74, 6) is 0.912. The Hall–Kier alpha value is -2.63. The van der Waals surface area contributed by atoms with Gasteiger partial charge in [-0.25, -0.2) is 0 Å². The summed E-state index contributed by atoms with van der Waals surface area (Å²) in [5.41, 5.74) is 5.87. The number of benzene rings is 2. The van der Waals surface area contributed by atoms with Crippen LogP contribution >= 0.6 is 0 Å². The highest BCUT2D eigenvalue weighted by molar-refractivity contribution is 6.24. The fraction of sp³-hybridized carbons (Fsp3) is 0.444. The Morgan fingerprint density at radius 1 is 1.00 bits per heavy atom. The van der Waals surface area contributed by atoms with Gasteiger partial charge in [-0.05, 0) is 62.8 Å². The average Bonchev–Trinajstić information content (AvgIpc) is 2.99. The van der Waals surface area contributed by atoms with E-state index in [9.17, 15) is 4.79 Å². The molecule has 5 heteroatoms. The molecule has 2 aromatic rings. The molecular formula is C27H34N2O3. The molecule has 0 radical (unpaired) electrons. The van der Waals surface area contributed by atoms with Gasteiger partial charge in [-0.3, -0.25) is 4.79 Å². The largest absolute Gasteiger partial charge is 0.490 e. The first kappa shape index (κ1) is 22.6. The molecule has 2 aliphatic rings. The van der Waals surface area contributed by atoms with Crippen LogP contribution in [0.25, 0.3) is 5.57 Å². The molecule has 2 aromatic carbocycles. The van der Waals surface area contributed by atoms with Crippen molar-refractivity contribution in [3.63, 3.8) is 0 Å². The lowest BCUT2D eigenvalue weighted by molar-refractivity contribution is -0.164. The Bertz CT molecular complexity index is 997. The molecule has 1 saturated heterocycles. The van der Waals surface area contributed by atoms with Crippen LogP contribution in [0.15, 0.2) is 48.2 Å². The van der Waals surface area contributed by atoms with Crippen LogP contribution in [0.3, 0.4) is 0 Å². The minimum absolute atomic E-state index is 0.0801. The van der Waals surface area contributed by atoms with E-state index < -0.39 is 5.54 Å². The Balaban J connectivity index is 1.86. The molecule has 0 aliphatic carbocycles. The van der Waals surface area contributed by atoms with Crippen LogP contribution in [0.5, 0.6) is 0 Å². The van der Waals surface area contributed by atoms with Gasteiger partial charge in [-0.15, -0.1) is 0 Å². The van der Waals surface area contributed by atoms with E-state index >= 15 is 0 Å². The monoisotopic (exact) mass is 434 g/mol. The summed E-state index contributed by atoms with van der Waals surface area (Å²) in [4.78, 5) is 21.4. The standard InChI is InChI=1S/C27H34N2O3/c1-6-29-26(30)24(23-20(3)16-19(2)17-21(23)4)25(32-18-22-10-8-7-9-11-22)27(29)12-14-28(31-5)15-13-27/h7-11,16-17H,6,12-15,18H2,1-5H3. The first-order valence-electron chi connectivity index (χ1n) is 11.5. The van der Waals surface area contributed by atoms with Gasteiger partial charge in [0.15, 0.2) is 0 Å². The molecule has 1 fully saturated rings. The number of nitrogens with zero attached hydrogens (tertiary/aromatic N) is 2. The second-order valence-electron chi connectivity index (χ2n) is 8.94. The Morgan fingerprint density at radius 2 is 1.62 bits per heavy atom. The normalized spacial score (nSPS) is 18.7. The summed E-state index contributed by atoms with van der Waals surface area (Å²) in [6.45, 7) is 11.0. The lowest BCUT2D eigenvalue weighted by atomic mass is 9.84. The van der Waals surface area contributed by atoms with E-state index in [0.29, 0.717) is 13.2 Å². The number of likely N-dealkylation sites (N-methyl/N-ethyl adjacent to an activating group) is 1. The van der Waals surface area contributed by atoms with Gasteiger partial charge in [-0.2, -0.15) is 5.06 Å². The Labute approximate surface area is 191 Å². The second kappa shape index (κ2) is 9.08. The van der Waals surface area contributed by atoms with Crippen LogP contribution in [0.4, 0.5) is 0 Å². The Kier molecular flexibility index (Phi) is 6.40. The smallest absolute Gasteiger partial charge is 0.258 e. The summed E-state index contributed by atoms with van der Waals surface area (Å²) >= 11 is 0. The molecular weight excluding hydrogens is 400 g/mol. The number of carbonyl (C=O) groups is 1. The first-order chi connectivity index (χ1) is 15.4. The molecule has 5 nitrogen and oxygen atoms in total. The molecule has 2 heterocycles. The molecule has 0 atom stereocenters. The van der Waals surface area contributed by atoms with Crippen molar-refractivity contribution >= 4 is 11.5 Å². The highest BCUT2D eigenvalue weighted by Crippen LogP contribution is 2.48. The summed E-state index contributed by atoms with van der Waals surface area (Å²) in [6.07, 6.45) is 1.58. The summed E-state index contributed by atoms with van der Waals surface area (Å²) < 4.78 is 6.62. The van der Waals surface area contributed by atoms with Crippen molar-refractivity contribution in [1.29, 1.82) is 0 Å². The molecule has 0 bridgehead atoms. The maximum absolute atomic E-state index is 13.9. The summed E-state index contributed by atoms with van der Waals surface area (Å²) in [6, 6.07) is 14.5. The van der Waals surface area contributed by atoms with E-state index in [1.807, 2.05) is 28.2 Å². The van der Waals surface area contributed by atoms with Gasteiger partial charge in [0.25, 0.3) is 5.91 Å². The van der Waals surface area contributed by atoms with Gasteiger partial charge in [0.1, 0.15) is 17.9 Å². The van der Waals surface area contributed by atoms with E-state index in [0.717, 1.165) is 59.5 Å². The van der Waals surface area contributed by atoms with Crippen LogP contribution in [0.1, 0.15) is 47.6 Å². The molecule has 32 heavy (non-hydrogen) atoms. The number of carbonyl (C=O) groups excluding carboxylic acids is 1. The number of rotatable bonds is 6. The van der Waals surface area contributed by atoms with Gasteiger partial charge >= 0.3 is 0 Å². The molecule has 170 valence electrons. The average molecular weight is 435 g/mol. The zero-order chi connectivity index (χ0) is 22.9. The number of hydrogen-bond donors (Lipinski definition) is 0. The predicted molar refractivity (Wildman–Crippen MR) is 127 cm³/mol. The first-order valence-corrected chi connectivity index (χ1v) is 11.5. The highest BCUT2D eigenvalue weighted by atomic mass is 16.7. The molecule has 0 unspecified atom stereocenters. The van der Waals surface area contributed by atoms with E-state index in [1.54, 1.807) is 7.11 Å². The van der Waals surface area contributed by atoms with Gasteiger partial charge in [0, 0.05) is 19.6 Å². The van der Waals surface area contributed by atoms with Gasteiger partial charge < -0.3 is 14.5 Å². The SMILES string of the molecule is CCN1C(=O)C(c2c(C)cc(C)cc2C)=C(OCc2ccccc2)C12CCN(OC)CC2. The Morgan fingerprint density at radius 3 is 2.19 bits per heavy atom. The zero-order valence-corrected chi connectivity index (χ0v) is 19.9. The number of ether oxygens (including phenoxy) is 1. The molecule has 0 N–H and O–H groups in total. The molecule has 0 saturated carbocycles. The topological polar surface area (TPSA) is 42.0 Å². The van der Waals surface area contributed by atoms with Crippen LogP contribution in [0.2, 0.25) is 0 Å². The van der Waals surface area contributed by atoms with E-state index in [1.165, 1.54) is 5.56 Å². The van der Waals surface area contributed by atoms with Crippen molar-refractivity contribution in [2.75, 3.05) is 26.7 Å². The van der Waals surface area contributed by atoms with Crippen molar-refractivity contribution in [3.8, 4) is 0 Å². The number of hydroxylamine groups is 2. The molecule has 1 spiro atoms. The minimum atomic E-state index is -0.436. The highest BCUT2D eigenvalue weighted by Gasteiger charge is 2.54. The third kappa shape index (κ3) is 3.84. The van der Waals surface area contributed by atoms with Crippen LogP contribution in [-0.2, 0) is 21.0 Å². The van der Waals surface area contributed by atoms with Gasteiger partial charge in [-0.1, -0.05) is 48.0 Å². The van der Waals surface area contributed by atoms with Crippen molar-refractivity contribution < 1.29 is 14.4 Å². The van der Waals surface area contributed by atoms with E-state index in [4.69, 9.17) is 9.57 Å². The quantitative estimate of drug-likeness (QED) is 0.655. The second-order valence-corrected chi connectivity index (χ2v) is 8.94. The van der Waals surface area contributed by atoms with Crippen molar-refractivity contribution in [2.24, 2.45) is 0 Å². The molecule has 0 aromatic heterocycles. The lowest BCUT2D eigenvalue weighted by Gasteiger charge is -2.44. The van der Waals surface area contributed by atoms with E-state index in [-0.39, 0.29) is 5.91 Å².